The van der Waals surface area contributed by atoms with Gasteiger partial charge in [-0.2, -0.15) is 0 Å². The van der Waals surface area contributed by atoms with Crippen LogP contribution in [0.1, 0.15) is 52.9 Å². The first kappa shape index (κ1) is 27.8. The maximum absolute atomic E-state index is 15.1. The fourth-order valence-corrected chi connectivity index (χ4v) is 5.38. The number of carbonyl (C=O) groups excluding carboxylic acids is 1. The van der Waals surface area contributed by atoms with E-state index in [2.05, 4.69) is 14.7 Å². The Bertz CT molecular complexity index is 1370. The number of carbonyl (C=O) groups is 2. The third-order valence-corrected chi connectivity index (χ3v) is 7.34. The lowest BCUT2D eigenvalue weighted by Crippen LogP contribution is -2.39. The molecule has 0 unspecified atom stereocenters. The minimum absolute atomic E-state index is 0.0370. The summed E-state index contributed by atoms with van der Waals surface area (Å²) in [5, 5.41) is 9.63. The predicted octanol–water partition coefficient (Wildman–Crippen LogP) is 4.47. The summed E-state index contributed by atoms with van der Waals surface area (Å²) < 4.78 is 62.1. The molecule has 0 aliphatic carbocycles. The number of halogens is 4. The van der Waals surface area contributed by atoms with E-state index in [1.807, 2.05) is 11.0 Å². The number of pyridine rings is 1. The van der Waals surface area contributed by atoms with Crippen molar-refractivity contribution in [2.45, 2.75) is 37.6 Å². The number of carboxylic acids is 1. The highest BCUT2D eigenvalue weighted by atomic mass is 19.4. The van der Waals surface area contributed by atoms with Gasteiger partial charge in [0.2, 0.25) is 0 Å². The summed E-state index contributed by atoms with van der Waals surface area (Å²) in [5.41, 5.74) is 2.02. The van der Waals surface area contributed by atoms with Crippen LogP contribution < -0.4 is 4.74 Å². The molecule has 40 heavy (non-hydrogen) atoms. The molecule has 2 saturated heterocycles. The fraction of sp³-hybridized carbons (Fsp3) is 0.444. The monoisotopic (exact) mass is 564 g/mol. The number of amides is 1. The normalized spacial score (nSPS) is 19.2. The molecule has 3 aromatic rings. The van der Waals surface area contributed by atoms with E-state index in [-0.39, 0.29) is 29.9 Å². The Morgan fingerprint density at radius 3 is 2.55 bits per heavy atom. The van der Waals surface area contributed by atoms with Crippen LogP contribution in [0.5, 0.6) is 5.75 Å². The molecule has 1 atom stereocenters. The van der Waals surface area contributed by atoms with Gasteiger partial charge in [0.25, 0.3) is 5.91 Å². The van der Waals surface area contributed by atoms with Crippen LogP contribution in [0.25, 0.3) is 11.0 Å². The summed E-state index contributed by atoms with van der Waals surface area (Å²) in [6.07, 6.45) is -2.93. The molecule has 0 saturated carbocycles. The number of benzene rings is 1. The molecule has 214 valence electrons. The van der Waals surface area contributed by atoms with Crippen LogP contribution in [-0.4, -0.2) is 82.4 Å². The zero-order valence-electron chi connectivity index (χ0n) is 21.4. The number of nitrogens with zero attached hydrogens (tertiary/aromatic N) is 3. The van der Waals surface area contributed by atoms with E-state index in [9.17, 15) is 22.8 Å². The maximum Gasteiger partial charge on any atom is 0.573 e. The molecule has 5 rings (SSSR count). The second-order valence-corrected chi connectivity index (χ2v) is 9.95. The molecule has 2 N–H and O–H groups in total. The number of morpholine rings is 1. The highest BCUT2D eigenvalue weighted by Crippen LogP contribution is 2.36. The Morgan fingerprint density at radius 2 is 1.88 bits per heavy atom. The number of aromatic amines is 1. The number of H-pyrrole nitrogens is 1. The van der Waals surface area contributed by atoms with Crippen molar-refractivity contribution in [3.05, 3.63) is 59.2 Å². The molecule has 0 spiro atoms. The zero-order valence-corrected chi connectivity index (χ0v) is 21.4. The van der Waals surface area contributed by atoms with Gasteiger partial charge >= 0.3 is 12.3 Å². The number of nitrogens with one attached hydrogen (secondary N) is 1. The minimum atomic E-state index is -4.81. The van der Waals surface area contributed by atoms with Crippen molar-refractivity contribution in [2.24, 2.45) is 0 Å². The fourth-order valence-electron chi connectivity index (χ4n) is 5.38. The van der Waals surface area contributed by atoms with Crippen LogP contribution in [0.4, 0.5) is 17.6 Å². The molecule has 4 heterocycles. The Balaban J connectivity index is 1.26. The first-order chi connectivity index (χ1) is 19.1. The number of aromatic nitrogens is 2. The molecule has 9 nitrogen and oxygen atoms in total. The van der Waals surface area contributed by atoms with E-state index in [1.165, 1.54) is 18.3 Å². The van der Waals surface area contributed by atoms with Crippen molar-refractivity contribution < 1.29 is 41.7 Å². The van der Waals surface area contributed by atoms with Crippen molar-refractivity contribution >= 4 is 22.9 Å². The van der Waals surface area contributed by atoms with Crippen LogP contribution in [0.15, 0.2) is 36.5 Å². The van der Waals surface area contributed by atoms with E-state index in [0.29, 0.717) is 68.8 Å². The lowest BCUT2D eigenvalue weighted by molar-refractivity contribution is -0.274. The van der Waals surface area contributed by atoms with Gasteiger partial charge in [0, 0.05) is 54.9 Å². The summed E-state index contributed by atoms with van der Waals surface area (Å²) in [6, 6.07) is 6.62. The van der Waals surface area contributed by atoms with E-state index < -0.39 is 23.9 Å². The number of likely N-dealkylation sites (tertiary alicyclic amines) is 1. The summed E-state index contributed by atoms with van der Waals surface area (Å²) in [4.78, 5) is 35.0. The molecule has 2 fully saturated rings. The lowest BCUT2D eigenvalue weighted by atomic mass is 9.87. The number of hydrogen-bond acceptors (Lipinski definition) is 6. The lowest BCUT2D eigenvalue weighted by Gasteiger charge is -2.32. The van der Waals surface area contributed by atoms with Crippen molar-refractivity contribution in [1.29, 1.82) is 0 Å². The topological polar surface area (TPSA) is 108 Å². The molecule has 1 amide bonds. The molecule has 2 aliphatic heterocycles. The number of alkyl halides is 3. The highest BCUT2D eigenvalue weighted by Gasteiger charge is 2.32. The van der Waals surface area contributed by atoms with Crippen LogP contribution in [0.3, 0.4) is 0 Å². The van der Waals surface area contributed by atoms with E-state index in [0.717, 1.165) is 17.8 Å². The SMILES string of the molecule is O=C(O)CCN1CCO[C@H](c2cc3c(C4CCN(C(=O)c5ccc(OC(F)(F)F)cc5)CC4)c(F)cnc3[nH]2)C1. The Hall–Kier alpha value is -3.71. The first-order valence-electron chi connectivity index (χ1n) is 13.0. The van der Waals surface area contributed by atoms with Gasteiger partial charge in [0.1, 0.15) is 23.3 Å². The second-order valence-electron chi connectivity index (χ2n) is 9.95. The second kappa shape index (κ2) is 11.4. The van der Waals surface area contributed by atoms with Gasteiger partial charge in [-0.15, -0.1) is 13.2 Å². The quantitative estimate of drug-likeness (QED) is 0.408. The molecule has 1 aromatic carbocycles. The Kier molecular flexibility index (Phi) is 7.95. The maximum atomic E-state index is 15.1. The van der Waals surface area contributed by atoms with Crippen molar-refractivity contribution in [3.8, 4) is 5.75 Å². The number of hydrogen-bond donors (Lipinski definition) is 2. The smallest absolute Gasteiger partial charge is 0.481 e. The summed E-state index contributed by atoms with van der Waals surface area (Å²) in [5.74, 6) is -2.18. The Morgan fingerprint density at radius 1 is 1.15 bits per heavy atom. The summed E-state index contributed by atoms with van der Waals surface area (Å²) >= 11 is 0. The third kappa shape index (κ3) is 6.36. The van der Waals surface area contributed by atoms with Crippen LogP contribution >= 0.6 is 0 Å². The number of carboxylic acid groups (broad SMARTS) is 1. The average Bonchev–Trinajstić information content (AvgIpc) is 3.36. The van der Waals surface area contributed by atoms with E-state index in [4.69, 9.17) is 9.84 Å². The molecular weight excluding hydrogens is 536 g/mol. The number of fused-ring (bicyclic) bond motifs is 1. The summed E-state index contributed by atoms with van der Waals surface area (Å²) in [7, 11) is 0. The van der Waals surface area contributed by atoms with Gasteiger partial charge in [-0.3, -0.25) is 14.5 Å². The zero-order chi connectivity index (χ0) is 28.4. The molecule has 2 aromatic heterocycles. The highest BCUT2D eigenvalue weighted by molar-refractivity contribution is 5.94. The average molecular weight is 565 g/mol. The molecule has 0 bridgehead atoms. The number of piperidine rings is 1. The first-order valence-corrected chi connectivity index (χ1v) is 13.0. The van der Waals surface area contributed by atoms with Gasteiger partial charge in [-0.1, -0.05) is 0 Å². The van der Waals surface area contributed by atoms with Crippen molar-refractivity contribution in [1.82, 2.24) is 19.8 Å². The molecular formula is C27H28F4N4O5. The Labute approximate surface area is 226 Å². The van der Waals surface area contributed by atoms with Gasteiger partial charge in [-0.25, -0.2) is 9.37 Å². The molecule has 0 radical (unpaired) electrons. The standard InChI is InChI=1S/C27H28F4N4O5/c28-20-14-32-25-19(13-21(33-25)22-15-34(11-12-39-22)8-7-23(36)37)24(20)16-5-9-35(10-6-16)26(38)17-1-3-18(4-2-17)40-27(29,30)31/h1-4,13-14,16,22H,5-12,15H2,(H,32,33)(H,36,37)/t22-/m0/s1. The third-order valence-electron chi connectivity index (χ3n) is 7.34. The van der Waals surface area contributed by atoms with Gasteiger partial charge in [-0.05, 0) is 49.1 Å². The van der Waals surface area contributed by atoms with Crippen molar-refractivity contribution in [3.63, 3.8) is 0 Å². The van der Waals surface area contributed by atoms with Gasteiger partial charge < -0.3 is 24.5 Å². The number of aliphatic carboxylic acids is 1. The number of rotatable bonds is 7. The number of ether oxygens (including phenoxy) is 2. The van der Waals surface area contributed by atoms with E-state index in [1.54, 1.807) is 4.90 Å². The largest absolute Gasteiger partial charge is 0.573 e. The van der Waals surface area contributed by atoms with Gasteiger partial charge in [0.15, 0.2) is 0 Å². The summed E-state index contributed by atoms with van der Waals surface area (Å²) in [6.45, 7) is 2.70. The molecule has 2 aliphatic rings. The van der Waals surface area contributed by atoms with Crippen LogP contribution in [-0.2, 0) is 9.53 Å². The van der Waals surface area contributed by atoms with Crippen LogP contribution in [0.2, 0.25) is 0 Å². The van der Waals surface area contributed by atoms with Crippen LogP contribution in [0, 0.1) is 5.82 Å². The molecule has 13 heteroatoms. The van der Waals surface area contributed by atoms with Gasteiger partial charge in [0.05, 0.1) is 19.2 Å². The van der Waals surface area contributed by atoms with Crippen molar-refractivity contribution in [2.75, 3.05) is 39.3 Å². The minimum Gasteiger partial charge on any atom is -0.481 e. The predicted molar refractivity (Wildman–Crippen MR) is 134 cm³/mol. The van der Waals surface area contributed by atoms with E-state index >= 15 is 4.39 Å².